The largest absolute Gasteiger partial charge is 0.477 e. The fourth-order valence-corrected chi connectivity index (χ4v) is 4.69. The van der Waals surface area contributed by atoms with Gasteiger partial charge in [-0.3, -0.25) is 4.79 Å². The standard InChI is InChI=1S/C20H13ClFNO3S/c21-12-6-4-10(5-7-12)16-17-18(27-19(16)20(25)26)14(9-15(24)23-17)11-2-1-3-13(22)8-11/h1-8,14H,9H2,(H,23,24)(H,25,26). The molecule has 0 saturated heterocycles. The van der Waals surface area contributed by atoms with E-state index in [1.165, 1.54) is 12.1 Å². The first-order valence-corrected chi connectivity index (χ1v) is 9.34. The van der Waals surface area contributed by atoms with E-state index in [1.54, 1.807) is 36.4 Å². The minimum Gasteiger partial charge on any atom is -0.477 e. The number of rotatable bonds is 3. The lowest BCUT2D eigenvalue weighted by Gasteiger charge is -2.24. The molecule has 2 heterocycles. The predicted octanol–water partition coefficient (Wildman–Crippen LogP) is 5.38. The first kappa shape index (κ1) is 17.7. The van der Waals surface area contributed by atoms with Gasteiger partial charge in [0.2, 0.25) is 5.91 Å². The van der Waals surface area contributed by atoms with Crippen LogP contribution < -0.4 is 5.32 Å². The average Bonchev–Trinajstić information content (AvgIpc) is 3.01. The van der Waals surface area contributed by atoms with E-state index in [9.17, 15) is 19.1 Å². The van der Waals surface area contributed by atoms with Crippen molar-refractivity contribution in [1.82, 2.24) is 0 Å². The van der Waals surface area contributed by atoms with Gasteiger partial charge in [-0.2, -0.15) is 0 Å². The Labute approximate surface area is 163 Å². The third-order valence-corrected chi connectivity index (χ3v) is 6.03. The van der Waals surface area contributed by atoms with Gasteiger partial charge < -0.3 is 10.4 Å². The molecule has 3 aromatic rings. The minimum atomic E-state index is -1.08. The molecule has 1 aliphatic heterocycles. The Morgan fingerprint density at radius 2 is 1.96 bits per heavy atom. The molecule has 0 spiro atoms. The van der Waals surface area contributed by atoms with Crippen LogP contribution in [0, 0.1) is 5.82 Å². The maximum Gasteiger partial charge on any atom is 0.346 e. The highest BCUT2D eigenvalue weighted by molar-refractivity contribution is 7.15. The second-order valence-corrected chi connectivity index (χ2v) is 7.71. The highest BCUT2D eigenvalue weighted by atomic mass is 35.5. The van der Waals surface area contributed by atoms with Crippen molar-refractivity contribution in [2.75, 3.05) is 5.32 Å². The van der Waals surface area contributed by atoms with Crippen molar-refractivity contribution in [3.8, 4) is 11.1 Å². The van der Waals surface area contributed by atoms with Crippen molar-refractivity contribution >= 4 is 40.5 Å². The van der Waals surface area contributed by atoms with Crippen LogP contribution in [-0.2, 0) is 4.79 Å². The van der Waals surface area contributed by atoms with Crippen molar-refractivity contribution in [3.63, 3.8) is 0 Å². The Morgan fingerprint density at radius 1 is 1.22 bits per heavy atom. The van der Waals surface area contributed by atoms with E-state index in [1.807, 2.05) is 0 Å². The molecule has 27 heavy (non-hydrogen) atoms. The van der Waals surface area contributed by atoms with Gasteiger partial charge in [0.15, 0.2) is 0 Å². The summed E-state index contributed by atoms with van der Waals surface area (Å²) in [4.78, 5) is 25.1. The Kier molecular flexibility index (Phi) is 4.45. The first-order valence-electron chi connectivity index (χ1n) is 8.15. The normalized spacial score (nSPS) is 15.9. The molecule has 0 radical (unpaired) electrons. The molecular formula is C20H13ClFNO3S. The molecule has 0 saturated carbocycles. The molecule has 0 fully saturated rings. The lowest BCUT2D eigenvalue weighted by atomic mass is 9.88. The van der Waals surface area contributed by atoms with Gasteiger partial charge in [0.1, 0.15) is 10.7 Å². The molecule has 1 aliphatic rings. The van der Waals surface area contributed by atoms with E-state index >= 15 is 0 Å². The summed E-state index contributed by atoms with van der Waals surface area (Å²) in [5.74, 6) is -2.10. The molecule has 7 heteroatoms. The fourth-order valence-electron chi connectivity index (χ4n) is 3.32. The monoisotopic (exact) mass is 401 g/mol. The Bertz CT molecular complexity index is 1060. The molecule has 1 unspecified atom stereocenters. The maximum atomic E-state index is 13.7. The summed E-state index contributed by atoms with van der Waals surface area (Å²) in [6.45, 7) is 0. The van der Waals surface area contributed by atoms with E-state index in [-0.39, 0.29) is 17.2 Å². The number of halogens is 2. The van der Waals surface area contributed by atoms with Gasteiger partial charge in [-0.15, -0.1) is 11.3 Å². The van der Waals surface area contributed by atoms with Gasteiger partial charge in [-0.05, 0) is 35.4 Å². The van der Waals surface area contributed by atoms with E-state index in [0.717, 1.165) is 11.3 Å². The van der Waals surface area contributed by atoms with Crippen LogP contribution in [0.15, 0.2) is 48.5 Å². The van der Waals surface area contributed by atoms with Gasteiger partial charge in [-0.25, -0.2) is 9.18 Å². The predicted molar refractivity (Wildman–Crippen MR) is 103 cm³/mol. The van der Waals surface area contributed by atoms with Crippen molar-refractivity contribution in [3.05, 3.63) is 74.7 Å². The third kappa shape index (κ3) is 3.22. The van der Waals surface area contributed by atoms with Gasteiger partial charge >= 0.3 is 5.97 Å². The van der Waals surface area contributed by atoms with E-state index in [0.29, 0.717) is 32.3 Å². The smallest absolute Gasteiger partial charge is 0.346 e. The number of carboxylic acids is 1. The molecule has 1 amide bonds. The SMILES string of the molecule is O=C1CC(c2cccc(F)c2)c2sc(C(=O)O)c(-c3ccc(Cl)cc3)c2N1. The van der Waals surface area contributed by atoms with Gasteiger partial charge in [0.25, 0.3) is 0 Å². The Morgan fingerprint density at radius 3 is 2.63 bits per heavy atom. The molecule has 1 aromatic heterocycles. The topological polar surface area (TPSA) is 66.4 Å². The number of benzene rings is 2. The highest BCUT2D eigenvalue weighted by Crippen LogP contribution is 2.49. The molecule has 0 bridgehead atoms. The number of nitrogens with one attached hydrogen (secondary N) is 1. The van der Waals surface area contributed by atoms with Crippen LogP contribution in [-0.4, -0.2) is 17.0 Å². The van der Waals surface area contributed by atoms with Crippen LogP contribution >= 0.6 is 22.9 Å². The second kappa shape index (κ2) is 6.79. The summed E-state index contributed by atoms with van der Waals surface area (Å²) in [5, 5.41) is 13.1. The molecule has 2 aromatic carbocycles. The van der Waals surface area contributed by atoms with E-state index < -0.39 is 17.7 Å². The Balaban J connectivity index is 1.94. The highest BCUT2D eigenvalue weighted by Gasteiger charge is 2.34. The summed E-state index contributed by atoms with van der Waals surface area (Å²) in [5.41, 5.74) is 2.22. The quantitative estimate of drug-likeness (QED) is 0.619. The number of hydrogen-bond donors (Lipinski definition) is 2. The minimum absolute atomic E-state index is 0.130. The molecule has 4 nitrogen and oxygen atoms in total. The van der Waals surface area contributed by atoms with Crippen molar-refractivity contribution in [2.24, 2.45) is 0 Å². The number of aromatic carboxylic acids is 1. The van der Waals surface area contributed by atoms with Crippen LogP contribution in [0.4, 0.5) is 10.1 Å². The number of carboxylic acid groups (broad SMARTS) is 1. The number of amides is 1. The molecule has 136 valence electrons. The molecule has 0 aliphatic carbocycles. The van der Waals surface area contributed by atoms with Crippen molar-refractivity contribution < 1.29 is 19.1 Å². The van der Waals surface area contributed by atoms with E-state index in [4.69, 9.17) is 11.6 Å². The lowest BCUT2D eigenvalue weighted by molar-refractivity contribution is -0.116. The number of carbonyl (C=O) groups excluding carboxylic acids is 1. The fraction of sp³-hybridized carbons (Fsp3) is 0.100. The lowest BCUT2D eigenvalue weighted by Crippen LogP contribution is -2.22. The van der Waals surface area contributed by atoms with Crippen LogP contribution in [0.3, 0.4) is 0 Å². The van der Waals surface area contributed by atoms with Crippen LogP contribution in [0.1, 0.15) is 32.5 Å². The van der Waals surface area contributed by atoms with Gasteiger partial charge in [0, 0.05) is 27.8 Å². The van der Waals surface area contributed by atoms with Crippen LogP contribution in [0.2, 0.25) is 5.02 Å². The average molecular weight is 402 g/mol. The second-order valence-electron chi connectivity index (χ2n) is 6.22. The summed E-state index contributed by atoms with van der Waals surface area (Å²) in [6, 6.07) is 12.8. The number of anilines is 1. The number of fused-ring (bicyclic) bond motifs is 1. The zero-order valence-corrected chi connectivity index (χ0v) is 15.4. The van der Waals surface area contributed by atoms with Crippen LogP contribution in [0.25, 0.3) is 11.1 Å². The van der Waals surface area contributed by atoms with Gasteiger partial charge in [-0.1, -0.05) is 35.9 Å². The zero-order valence-electron chi connectivity index (χ0n) is 13.8. The molecule has 4 rings (SSSR count). The summed E-state index contributed by atoms with van der Waals surface area (Å²) < 4.78 is 13.7. The van der Waals surface area contributed by atoms with Crippen molar-refractivity contribution in [2.45, 2.75) is 12.3 Å². The number of hydrogen-bond acceptors (Lipinski definition) is 3. The van der Waals surface area contributed by atoms with E-state index in [2.05, 4.69) is 5.32 Å². The maximum absolute atomic E-state index is 13.7. The zero-order chi connectivity index (χ0) is 19.1. The van der Waals surface area contributed by atoms with Crippen molar-refractivity contribution in [1.29, 1.82) is 0 Å². The third-order valence-electron chi connectivity index (χ3n) is 4.48. The summed E-state index contributed by atoms with van der Waals surface area (Å²) in [6.07, 6.45) is 0.135. The summed E-state index contributed by atoms with van der Waals surface area (Å²) in [7, 11) is 0. The number of carbonyl (C=O) groups is 2. The first-order chi connectivity index (χ1) is 12.9. The molecule has 2 N–H and O–H groups in total. The molecular weight excluding hydrogens is 389 g/mol. The number of thiophene rings is 1. The molecule has 1 atom stereocenters. The van der Waals surface area contributed by atoms with Crippen LogP contribution in [0.5, 0.6) is 0 Å². The van der Waals surface area contributed by atoms with Gasteiger partial charge in [0.05, 0.1) is 5.69 Å². The summed E-state index contributed by atoms with van der Waals surface area (Å²) >= 11 is 7.05. The Hall–Kier alpha value is -2.70.